The first-order chi connectivity index (χ1) is 13.1. The molecule has 0 bridgehead atoms. The van der Waals surface area contributed by atoms with Gasteiger partial charge in [0.1, 0.15) is 12.0 Å². The monoisotopic (exact) mass is 368 g/mol. The summed E-state index contributed by atoms with van der Waals surface area (Å²) in [6.45, 7) is 4.18. The molecule has 0 amide bonds. The highest BCUT2D eigenvalue weighted by Crippen LogP contribution is 2.33. The van der Waals surface area contributed by atoms with Gasteiger partial charge in [-0.3, -0.25) is 0 Å². The van der Waals surface area contributed by atoms with Gasteiger partial charge in [-0.15, -0.1) is 0 Å². The van der Waals surface area contributed by atoms with Gasteiger partial charge in [-0.25, -0.2) is 4.79 Å². The van der Waals surface area contributed by atoms with E-state index in [-0.39, 0.29) is 0 Å². The van der Waals surface area contributed by atoms with E-state index in [1.807, 2.05) is 18.2 Å². The number of carbonyl (C=O) groups is 2. The van der Waals surface area contributed by atoms with Crippen LogP contribution in [-0.2, 0) is 28.9 Å². The second-order valence-electron chi connectivity index (χ2n) is 6.70. The van der Waals surface area contributed by atoms with Gasteiger partial charge >= 0.3 is 5.97 Å². The van der Waals surface area contributed by atoms with E-state index in [0.29, 0.717) is 24.2 Å². The normalized spacial score (nSPS) is 11.8. The Morgan fingerprint density at radius 2 is 1.63 bits per heavy atom. The summed E-state index contributed by atoms with van der Waals surface area (Å²) in [6.07, 6.45) is 4.55. The molecule has 1 unspecified atom stereocenters. The van der Waals surface area contributed by atoms with E-state index in [4.69, 9.17) is 4.74 Å². The van der Waals surface area contributed by atoms with Crippen LogP contribution in [0.5, 0.6) is 5.75 Å². The van der Waals surface area contributed by atoms with Crippen molar-refractivity contribution in [1.29, 1.82) is 0 Å². The number of rotatable bonds is 11. The van der Waals surface area contributed by atoms with Crippen LogP contribution < -0.4 is 4.74 Å². The number of aryl methyl sites for hydroxylation is 3. The summed E-state index contributed by atoms with van der Waals surface area (Å²) in [6, 6.07) is 13.2. The summed E-state index contributed by atoms with van der Waals surface area (Å²) in [5, 5.41) is 9.74. The quantitative estimate of drug-likeness (QED) is 0.571. The van der Waals surface area contributed by atoms with E-state index in [9.17, 15) is 14.7 Å². The van der Waals surface area contributed by atoms with Crippen LogP contribution in [0.2, 0.25) is 0 Å². The summed E-state index contributed by atoms with van der Waals surface area (Å²) in [5.74, 6) is -0.319. The molecule has 0 aliphatic rings. The van der Waals surface area contributed by atoms with Crippen molar-refractivity contribution in [3.63, 3.8) is 0 Å². The van der Waals surface area contributed by atoms with Crippen LogP contribution in [0.1, 0.15) is 61.5 Å². The number of ether oxygens (including phenoxy) is 1. The molecule has 0 saturated carbocycles. The van der Waals surface area contributed by atoms with Crippen LogP contribution in [0.15, 0.2) is 42.5 Å². The van der Waals surface area contributed by atoms with Gasteiger partial charge in [-0.1, -0.05) is 69.2 Å². The van der Waals surface area contributed by atoms with E-state index < -0.39 is 12.1 Å². The van der Waals surface area contributed by atoms with Crippen LogP contribution in [0.4, 0.5) is 0 Å². The Balaban J connectivity index is 2.47. The van der Waals surface area contributed by atoms with Crippen LogP contribution in [0, 0.1) is 0 Å². The molecule has 0 aliphatic carbocycles. The third kappa shape index (κ3) is 5.68. The van der Waals surface area contributed by atoms with E-state index in [0.717, 1.165) is 48.7 Å². The smallest absolute Gasteiger partial charge is 0.349 e. The fourth-order valence-corrected chi connectivity index (χ4v) is 3.26. The first-order valence-electron chi connectivity index (χ1n) is 9.63. The van der Waals surface area contributed by atoms with Crippen molar-refractivity contribution < 1.29 is 19.4 Å². The Morgan fingerprint density at radius 3 is 2.11 bits per heavy atom. The van der Waals surface area contributed by atoms with Crippen molar-refractivity contribution in [1.82, 2.24) is 0 Å². The third-order valence-corrected chi connectivity index (χ3v) is 4.45. The Hall–Kier alpha value is -2.62. The van der Waals surface area contributed by atoms with Crippen LogP contribution in [-0.4, -0.2) is 17.4 Å². The minimum Gasteiger partial charge on any atom is -0.478 e. The Kier molecular flexibility index (Phi) is 8.05. The highest BCUT2D eigenvalue weighted by Gasteiger charge is 2.24. The zero-order valence-electron chi connectivity index (χ0n) is 16.1. The Bertz CT molecular complexity index is 725. The predicted molar refractivity (Wildman–Crippen MR) is 106 cm³/mol. The number of aldehydes is 1. The summed E-state index contributed by atoms with van der Waals surface area (Å²) in [5.41, 5.74) is 3.77. The lowest BCUT2D eigenvalue weighted by molar-refractivity contribution is -0.145. The van der Waals surface area contributed by atoms with Crippen molar-refractivity contribution in [2.45, 2.75) is 58.5 Å². The number of aliphatic carboxylic acids is 1. The van der Waals surface area contributed by atoms with Crippen molar-refractivity contribution >= 4 is 12.3 Å². The fourth-order valence-electron chi connectivity index (χ4n) is 3.26. The van der Waals surface area contributed by atoms with Gasteiger partial charge in [0.15, 0.2) is 0 Å². The standard InChI is InChI=1S/C23H28O4/c1-3-9-19-15-17(11-8-14-24)16-20(10-4-2)21(19)27-22(23(25)26)18-12-6-5-7-13-18/h5-7,12-16,22H,3-4,8-11H2,1-2H3,(H,25,26). The van der Waals surface area contributed by atoms with Crippen LogP contribution in [0.25, 0.3) is 0 Å². The maximum absolute atomic E-state index is 11.9. The van der Waals surface area contributed by atoms with Crippen molar-refractivity contribution in [3.8, 4) is 5.75 Å². The lowest BCUT2D eigenvalue weighted by Gasteiger charge is -2.22. The molecule has 0 heterocycles. The Morgan fingerprint density at radius 1 is 1.04 bits per heavy atom. The molecule has 1 N–H and O–H groups in total. The lowest BCUT2D eigenvalue weighted by Crippen LogP contribution is -2.19. The Labute approximate surface area is 161 Å². The number of carboxylic acid groups (broad SMARTS) is 1. The molecule has 0 aliphatic heterocycles. The van der Waals surface area contributed by atoms with Gasteiger partial charge in [-0.2, -0.15) is 0 Å². The van der Waals surface area contributed by atoms with Gasteiger partial charge in [0.05, 0.1) is 0 Å². The second kappa shape index (κ2) is 10.5. The SMILES string of the molecule is CCCc1cc(CCC=O)cc(CCC)c1OC(C(=O)O)c1ccccc1. The van der Waals surface area contributed by atoms with Gasteiger partial charge < -0.3 is 14.6 Å². The molecule has 0 radical (unpaired) electrons. The first kappa shape index (κ1) is 20.7. The van der Waals surface area contributed by atoms with E-state index in [2.05, 4.69) is 26.0 Å². The molecule has 0 fully saturated rings. The summed E-state index contributed by atoms with van der Waals surface area (Å²) in [4.78, 5) is 22.6. The first-order valence-corrected chi connectivity index (χ1v) is 9.63. The lowest BCUT2D eigenvalue weighted by atomic mass is 9.96. The zero-order chi connectivity index (χ0) is 19.6. The molecular weight excluding hydrogens is 340 g/mol. The summed E-state index contributed by atoms with van der Waals surface area (Å²) >= 11 is 0. The molecule has 2 aromatic rings. The molecule has 2 aromatic carbocycles. The minimum atomic E-state index is -1.04. The largest absolute Gasteiger partial charge is 0.478 e. The van der Waals surface area contributed by atoms with Crippen molar-refractivity contribution in [2.75, 3.05) is 0 Å². The van der Waals surface area contributed by atoms with Gasteiger partial charge in [0, 0.05) is 12.0 Å². The maximum Gasteiger partial charge on any atom is 0.349 e. The van der Waals surface area contributed by atoms with Gasteiger partial charge in [0.2, 0.25) is 6.10 Å². The third-order valence-electron chi connectivity index (χ3n) is 4.45. The molecule has 1 atom stereocenters. The molecule has 2 rings (SSSR count). The fraction of sp³-hybridized carbons (Fsp3) is 0.391. The summed E-state index contributed by atoms with van der Waals surface area (Å²) < 4.78 is 6.12. The number of benzene rings is 2. The van der Waals surface area contributed by atoms with Crippen molar-refractivity contribution in [3.05, 3.63) is 64.7 Å². The number of hydrogen-bond acceptors (Lipinski definition) is 3. The molecule has 27 heavy (non-hydrogen) atoms. The molecule has 0 saturated heterocycles. The van der Waals surface area contributed by atoms with Gasteiger partial charge in [-0.05, 0) is 36.0 Å². The van der Waals surface area contributed by atoms with E-state index >= 15 is 0 Å². The average Bonchev–Trinajstić information content (AvgIpc) is 2.66. The van der Waals surface area contributed by atoms with Crippen molar-refractivity contribution in [2.24, 2.45) is 0 Å². The topological polar surface area (TPSA) is 63.6 Å². The molecule has 0 spiro atoms. The minimum absolute atomic E-state index is 0.485. The average molecular weight is 368 g/mol. The molecule has 4 heteroatoms. The highest BCUT2D eigenvalue weighted by atomic mass is 16.5. The number of carbonyl (C=O) groups excluding carboxylic acids is 1. The predicted octanol–water partition coefficient (Wildman–Crippen LogP) is 4.93. The number of hydrogen-bond donors (Lipinski definition) is 1. The van der Waals surface area contributed by atoms with E-state index in [1.54, 1.807) is 12.1 Å². The van der Waals surface area contributed by atoms with Crippen LogP contribution in [0.3, 0.4) is 0 Å². The molecular formula is C23H28O4. The highest BCUT2D eigenvalue weighted by molar-refractivity contribution is 5.75. The molecule has 0 aromatic heterocycles. The van der Waals surface area contributed by atoms with Gasteiger partial charge in [0.25, 0.3) is 0 Å². The molecule has 4 nitrogen and oxygen atoms in total. The molecule has 144 valence electrons. The maximum atomic E-state index is 11.9. The van der Waals surface area contributed by atoms with Crippen LogP contribution >= 0.6 is 0 Å². The zero-order valence-corrected chi connectivity index (χ0v) is 16.1. The van der Waals surface area contributed by atoms with E-state index in [1.165, 1.54) is 0 Å². The second-order valence-corrected chi connectivity index (χ2v) is 6.70. The number of carboxylic acids is 1. The summed E-state index contributed by atoms with van der Waals surface area (Å²) in [7, 11) is 0.